The second-order valence-corrected chi connectivity index (χ2v) is 7.64. The molecular weight excluding hydrogens is 396 g/mol. The molecular formula is C16H15ClF4N2O2S. The second-order valence-electron chi connectivity index (χ2n) is 5.48. The maximum Gasteiger partial charge on any atom is 0.511 e. The standard InChI is InChI=1S/C16H15ClF4N2O2S/c1-10-5-6-14(23-15-12(17)3-2-4-13(15)18)11(9-10)7-8-22-26(24,25)16(19,20)21/h2-6,9,22-23H,7-8H2,1H3. The van der Waals surface area contributed by atoms with E-state index < -0.39 is 27.9 Å². The molecule has 0 amide bonds. The Morgan fingerprint density at radius 2 is 1.85 bits per heavy atom. The van der Waals surface area contributed by atoms with Crippen LogP contribution in [0.4, 0.5) is 28.9 Å². The maximum atomic E-state index is 13.9. The lowest BCUT2D eigenvalue weighted by atomic mass is 10.1. The van der Waals surface area contributed by atoms with Crippen molar-refractivity contribution in [3.8, 4) is 0 Å². The molecule has 0 atom stereocenters. The van der Waals surface area contributed by atoms with E-state index in [0.717, 1.165) is 5.56 Å². The molecule has 0 fully saturated rings. The van der Waals surface area contributed by atoms with Crippen LogP contribution in [0.5, 0.6) is 0 Å². The van der Waals surface area contributed by atoms with Crippen molar-refractivity contribution < 1.29 is 26.0 Å². The van der Waals surface area contributed by atoms with Crippen molar-refractivity contribution in [3.05, 3.63) is 58.4 Å². The molecule has 2 aromatic carbocycles. The van der Waals surface area contributed by atoms with Crippen LogP contribution in [0.2, 0.25) is 5.02 Å². The molecule has 0 saturated carbocycles. The van der Waals surface area contributed by atoms with Gasteiger partial charge in [0.05, 0.1) is 10.7 Å². The van der Waals surface area contributed by atoms with Gasteiger partial charge in [-0.05, 0) is 37.1 Å². The molecule has 26 heavy (non-hydrogen) atoms. The molecule has 4 nitrogen and oxygen atoms in total. The molecule has 2 N–H and O–H groups in total. The Morgan fingerprint density at radius 3 is 2.46 bits per heavy atom. The van der Waals surface area contributed by atoms with Gasteiger partial charge in [0.1, 0.15) is 5.82 Å². The zero-order valence-corrected chi connectivity index (χ0v) is 15.1. The van der Waals surface area contributed by atoms with Crippen molar-refractivity contribution in [2.24, 2.45) is 0 Å². The molecule has 0 radical (unpaired) electrons. The van der Waals surface area contributed by atoms with Gasteiger partial charge in [0, 0.05) is 12.2 Å². The summed E-state index contributed by atoms with van der Waals surface area (Å²) in [4.78, 5) is 0. The number of aryl methyl sites for hydroxylation is 1. The third-order valence-corrected chi connectivity index (χ3v) is 4.98. The Hall–Kier alpha value is -1.84. The summed E-state index contributed by atoms with van der Waals surface area (Å²) in [6.07, 6.45) is -0.0363. The van der Waals surface area contributed by atoms with Crippen molar-refractivity contribution in [1.82, 2.24) is 4.72 Å². The van der Waals surface area contributed by atoms with Gasteiger partial charge in [-0.15, -0.1) is 0 Å². The van der Waals surface area contributed by atoms with Gasteiger partial charge in [0.15, 0.2) is 0 Å². The Kier molecular flexibility index (Phi) is 6.15. The zero-order valence-electron chi connectivity index (χ0n) is 13.5. The number of para-hydroxylation sites is 1. The van der Waals surface area contributed by atoms with Crippen LogP contribution in [0, 0.1) is 12.7 Å². The van der Waals surface area contributed by atoms with Gasteiger partial charge in [-0.3, -0.25) is 0 Å². The summed E-state index contributed by atoms with van der Waals surface area (Å²) in [5.74, 6) is -0.596. The topological polar surface area (TPSA) is 58.2 Å². The molecule has 0 bridgehead atoms. The fraction of sp³-hybridized carbons (Fsp3) is 0.250. The number of sulfonamides is 1. The number of hydrogen-bond acceptors (Lipinski definition) is 3. The fourth-order valence-electron chi connectivity index (χ4n) is 2.21. The van der Waals surface area contributed by atoms with E-state index in [9.17, 15) is 26.0 Å². The molecule has 0 aliphatic carbocycles. The van der Waals surface area contributed by atoms with Gasteiger partial charge in [-0.2, -0.15) is 13.2 Å². The average molecular weight is 411 g/mol. The summed E-state index contributed by atoms with van der Waals surface area (Å²) in [5.41, 5.74) is -3.62. The Balaban J connectivity index is 2.21. The number of anilines is 2. The van der Waals surface area contributed by atoms with Crippen LogP contribution in [-0.4, -0.2) is 20.5 Å². The normalized spacial score (nSPS) is 12.2. The predicted molar refractivity (Wildman–Crippen MR) is 92.6 cm³/mol. The highest BCUT2D eigenvalue weighted by Crippen LogP contribution is 2.30. The lowest BCUT2D eigenvalue weighted by Crippen LogP contribution is -2.37. The van der Waals surface area contributed by atoms with Crippen LogP contribution in [0.25, 0.3) is 0 Å². The molecule has 0 aliphatic heterocycles. The van der Waals surface area contributed by atoms with Crippen molar-refractivity contribution >= 4 is 33.0 Å². The first-order valence-corrected chi connectivity index (χ1v) is 9.24. The quantitative estimate of drug-likeness (QED) is 0.689. The molecule has 2 aromatic rings. The molecule has 2 rings (SSSR count). The van der Waals surface area contributed by atoms with Crippen LogP contribution in [0.15, 0.2) is 36.4 Å². The lowest BCUT2D eigenvalue weighted by Gasteiger charge is -2.15. The van der Waals surface area contributed by atoms with Crippen molar-refractivity contribution in [1.29, 1.82) is 0 Å². The second kappa shape index (κ2) is 7.81. The minimum atomic E-state index is -5.41. The van der Waals surface area contributed by atoms with Crippen molar-refractivity contribution in [2.45, 2.75) is 18.9 Å². The number of alkyl halides is 3. The zero-order chi connectivity index (χ0) is 19.5. The Morgan fingerprint density at radius 1 is 1.15 bits per heavy atom. The third kappa shape index (κ3) is 4.87. The highest BCUT2D eigenvalue weighted by molar-refractivity contribution is 7.90. The van der Waals surface area contributed by atoms with Gasteiger partial charge < -0.3 is 5.32 Å². The van der Waals surface area contributed by atoms with Crippen molar-refractivity contribution in [2.75, 3.05) is 11.9 Å². The molecule has 10 heteroatoms. The summed E-state index contributed by atoms with van der Waals surface area (Å²) in [5, 5.41) is 2.94. The molecule has 0 heterocycles. The molecule has 0 spiro atoms. The SMILES string of the molecule is Cc1ccc(Nc2c(F)cccc2Cl)c(CCNS(=O)(=O)C(F)(F)F)c1. The smallest absolute Gasteiger partial charge is 0.352 e. The van der Waals surface area contributed by atoms with Crippen LogP contribution in [0.1, 0.15) is 11.1 Å². The summed E-state index contributed by atoms with van der Waals surface area (Å²) in [6, 6.07) is 9.13. The number of benzene rings is 2. The first-order valence-electron chi connectivity index (χ1n) is 7.38. The number of hydrogen-bond donors (Lipinski definition) is 2. The van der Waals surface area contributed by atoms with E-state index in [1.807, 2.05) is 0 Å². The van der Waals surface area contributed by atoms with E-state index in [1.165, 1.54) is 22.9 Å². The van der Waals surface area contributed by atoms with Crippen LogP contribution in [-0.2, 0) is 16.4 Å². The maximum absolute atomic E-state index is 13.9. The summed E-state index contributed by atoms with van der Waals surface area (Å²) < 4.78 is 74.6. The third-order valence-electron chi connectivity index (χ3n) is 3.47. The Labute approximate surface area is 153 Å². The summed E-state index contributed by atoms with van der Waals surface area (Å²) in [6.45, 7) is 1.30. The van der Waals surface area contributed by atoms with E-state index in [4.69, 9.17) is 11.6 Å². The molecule has 0 unspecified atom stereocenters. The molecule has 142 valence electrons. The number of rotatable bonds is 6. The monoisotopic (exact) mass is 410 g/mol. The van der Waals surface area contributed by atoms with Gasteiger partial charge in [-0.1, -0.05) is 35.4 Å². The van der Waals surface area contributed by atoms with E-state index in [-0.39, 0.29) is 17.1 Å². The first-order chi connectivity index (χ1) is 12.0. The van der Waals surface area contributed by atoms with Gasteiger partial charge in [-0.25, -0.2) is 17.5 Å². The van der Waals surface area contributed by atoms with Gasteiger partial charge in [0.25, 0.3) is 0 Å². The molecule has 0 aromatic heterocycles. The Bertz CT molecular complexity index is 881. The highest BCUT2D eigenvalue weighted by atomic mass is 35.5. The van der Waals surface area contributed by atoms with Gasteiger partial charge >= 0.3 is 15.5 Å². The van der Waals surface area contributed by atoms with Crippen LogP contribution >= 0.6 is 11.6 Å². The van der Waals surface area contributed by atoms with Gasteiger partial charge in [0.2, 0.25) is 0 Å². The minimum Gasteiger partial charge on any atom is -0.352 e. The van der Waals surface area contributed by atoms with E-state index in [1.54, 1.807) is 25.1 Å². The predicted octanol–water partition coefficient (Wildman–Crippen LogP) is 4.51. The summed E-state index contributed by atoms with van der Waals surface area (Å²) >= 11 is 5.96. The van der Waals surface area contributed by atoms with Crippen molar-refractivity contribution in [3.63, 3.8) is 0 Å². The number of halogens is 5. The van der Waals surface area contributed by atoms with E-state index >= 15 is 0 Å². The molecule has 0 saturated heterocycles. The fourth-order valence-corrected chi connectivity index (χ4v) is 2.95. The minimum absolute atomic E-state index is 0.0233. The summed E-state index contributed by atoms with van der Waals surface area (Å²) in [7, 11) is -5.41. The molecule has 0 aliphatic rings. The lowest BCUT2D eigenvalue weighted by molar-refractivity contribution is -0.0447. The highest BCUT2D eigenvalue weighted by Gasteiger charge is 2.45. The average Bonchev–Trinajstić information content (AvgIpc) is 2.51. The van der Waals surface area contributed by atoms with Crippen LogP contribution in [0.3, 0.4) is 0 Å². The number of nitrogens with one attached hydrogen (secondary N) is 2. The first kappa shape index (κ1) is 20.5. The largest absolute Gasteiger partial charge is 0.511 e. The van der Waals surface area contributed by atoms with E-state index in [0.29, 0.717) is 11.3 Å². The van der Waals surface area contributed by atoms with Crippen LogP contribution < -0.4 is 10.0 Å². The van der Waals surface area contributed by atoms with E-state index in [2.05, 4.69) is 5.32 Å².